The summed E-state index contributed by atoms with van der Waals surface area (Å²) in [6, 6.07) is 9.85. The van der Waals surface area contributed by atoms with Gasteiger partial charge in [-0.2, -0.15) is 0 Å². The van der Waals surface area contributed by atoms with Gasteiger partial charge in [0.1, 0.15) is 11.6 Å². The molecular formula is C21H27FN2O4. The number of nitrogens with zero attached hydrogens (tertiary/aromatic N) is 1. The van der Waals surface area contributed by atoms with Crippen LogP contribution in [0.5, 0.6) is 17.2 Å². The minimum atomic E-state index is -0.623. The van der Waals surface area contributed by atoms with Crippen molar-refractivity contribution in [1.29, 1.82) is 0 Å². The van der Waals surface area contributed by atoms with E-state index < -0.39 is 6.10 Å². The molecule has 1 unspecified atom stereocenters. The van der Waals surface area contributed by atoms with Crippen molar-refractivity contribution < 1.29 is 23.4 Å². The minimum absolute atomic E-state index is 0.128. The molecule has 1 N–H and O–H groups in total. The van der Waals surface area contributed by atoms with Crippen molar-refractivity contribution in [1.82, 2.24) is 4.90 Å². The van der Waals surface area contributed by atoms with Gasteiger partial charge in [0.05, 0.1) is 19.4 Å². The number of nitrogens with one attached hydrogen (secondary N) is 1. The number of halogens is 1. The zero-order valence-corrected chi connectivity index (χ0v) is 16.9. The number of anilines is 1. The molecule has 0 aromatic heterocycles. The van der Waals surface area contributed by atoms with Gasteiger partial charge in [-0.1, -0.05) is 6.07 Å². The summed E-state index contributed by atoms with van der Waals surface area (Å²) in [6.45, 7) is 4.53. The van der Waals surface area contributed by atoms with Crippen molar-refractivity contribution in [3.05, 3.63) is 47.8 Å². The number of carbonyl (C=O) groups is 1. The van der Waals surface area contributed by atoms with E-state index in [1.165, 1.54) is 24.1 Å². The van der Waals surface area contributed by atoms with Gasteiger partial charge in [0.15, 0.2) is 17.6 Å². The predicted molar refractivity (Wildman–Crippen MR) is 107 cm³/mol. The number of hydrogen-bond donors (Lipinski definition) is 1. The molecule has 0 radical (unpaired) electrons. The second-order valence-corrected chi connectivity index (χ2v) is 6.41. The van der Waals surface area contributed by atoms with E-state index in [1.807, 2.05) is 19.1 Å². The van der Waals surface area contributed by atoms with Gasteiger partial charge >= 0.3 is 0 Å². The molecule has 7 heteroatoms. The highest BCUT2D eigenvalue weighted by Gasteiger charge is 2.19. The van der Waals surface area contributed by atoms with Crippen LogP contribution in [0.4, 0.5) is 10.1 Å². The topological polar surface area (TPSA) is 60.0 Å². The Labute approximate surface area is 165 Å². The third-order valence-electron chi connectivity index (χ3n) is 4.05. The summed E-state index contributed by atoms with van der Waals surface area (Å²) in [5.74, 6) is 1.01. The van der Waals surface area contributed by atoms with Crippen LogP contribution in [0.15, 0.2) is 36.4 Å². The third-order valence-corrected chi connectivity index (χ3v) is 4.05. The van der Waals surface area contributed by atoms with E-state index in [9.17, 15) is 9.18 Å². The smallest absolute Gasteiger partial charge is 0.262 e. The molecule has 28 heavy (non-hydrogen) atoms. The fourth-order valence-electron chi connectivity index (χ4n) is 2.64. The molecule has 2 aromatic rings. The van der Waals surface area contributed by atoms with Gasteiger partial charge in [-0.3, -0.25) is 4.79 Å². The monoisotopic (exact) mass is 390 g/mol. The average molecular weight is 390 g/mol. The standard InChI is InChI=1S/C21H27FN2O4/c1-6-27-20-11-15(7-10-18(20)28-14(2)21(25)24(3)4)13-23-17-9-8-16(22)12-19(17)26-5/h7-12,14,23H,6,13H2,1-5H3. The number of ether oxygens (including phenoxy) is 3. The molecule has 1 atom stereocenters. The first kappa shape index (κ1) is 21.3. The van der Waals surface area contributed by atoms with Gasteiger partial charge in [0, 0.05) is 26.7 Å². The lowest BCUT2D eigenvalue weighted by molar-refractivity contribution is -0.135. The first-order valence-corrected chi connectivity index (χ1v) is 9.06. The molecule has 0 saturated carbocycles. The van der Waals surface area contributed by atoms with Crippen LogP contribution in [0.25, 0.3) is 0 Å². The van der Waals surface area contributed by atoms with E-state index in [4.69, 9.17) is 14.2 Å². The predicted octanol–water partition coefficient (Wildman–Crippen LogP) is 3.70. The molecule has 0 heterocycles. The van der Waals surface area contributed by atoms with E-state index >= 15 is 0 Å². The van der Waals surface area contributed by atoms with E-state index in [-0.39, 0.29) is 11.7 Å². The molecule has 2 aromatic carbocycles. The molecule has 0 saturated heterocycles. The normalized spacial score (nSPS) is 11.5. The number of methoxy groups -OCH3 is 1. The Balaban J connectivity index is 2.14. The highest BCUT2D eigenvalue weighted by molar-refractivity contribution is 5.80. The van der Waals surface area contributed by atoms with Crippen LogP contribution in [0, 0.1) is 5.82 Å². The number of amides is 1. The number of likely N-dealkylation sites (N-methyl/N-ethyl adjacent to an activating group) is 1. The van der Waals surface area contributed by atoms with Gasteiger partial charge in [0.25, 0.3) is 5.91 Å². The Morgan fingerprint density at radius 3 is 2.54 bits per heavy atom. The molecule has 152 valence electrons. The largest absolute Gasteiger partial charge is 0.494 e. The number of benzene rings is 2. The van der Waals surface area contributed by atoms with Crippen LogP contribution in [0.1, 0.15) is 19.4 Å². The van der Waals surface area contributed by atoms with Gasteiger partial charge in [-0.15, -0.1) is 0 Å². The second-order valence-electron chi connectivity index (χ2n) is 6.41. The third kappa shape index (κ3) is 5.52. The molecular weight excluding hydrogens is 363 g/mol. The molecule has 0 spiro atoms. The van der Waals surface area contributed by atoms with E-state index in [0.717, 1.165) is 5.56 Å². The maximum Gasteiger partial charge on any atom is 0.262 e. The highest BCUT2D eigenvalue weighted by atomic mass is 19.1. The first-order valence-electron chi connectivity index (χ1n) is 9.06. The average Bonchev–Trinajstić information content (AvgIpc) is 2.67. The molecule has 6 nitrogen and oxygen atoms in total. The summed E-state index contributed by atoms with van der Waals surface area (Å²) in [4.78, 5) is 13.5. The Hall–Kier alpha value is -2.96. The van der Waals surface area contributed by atoms with E-state index in [2.05, 4.69) is 5.32 Å². The summed E-state index contributed by atoms with van der Waals surface area (Å²) in [6.07, 6.45) is -0.623. The Bertz CT molecular complexity index is 811. The summed E-state index contributed by atoms with van der Waals surface area (Å²) in [5.41, 5.74) is 1.63. The van der Waals surface area contributed by atoms with Crippen molar-refractivity contribution in [2.45, 2.75) is 26.5 Å². The summed E-state index contributed by atoms with van der Waals surface area (Å²) in [5, 5.41) is 3.22. The van der Waals surface area contributed by atoms with Gasteiger partial charge in [-0.05, 0) is 43.7 Å². The lowest BCUT2D eigenvalue weighted by atomic mass is 10.2. The highest BCUT2D eigenvalue weighted by Crippen LogP contribution is 2.31. The molecule has 0 fully saturated rings. The van der Waals surface area contributed by atoms with Crippen LogP contribution >= 0.6 is 0 Å². The fourth-order valence-corrected chi connectivity index (χ4v) is 2.64. The van der Waals surface area contributed by atoms with Crippen LogP contribution in [-0.2, 0) is 11.3 Å². The van der Waals surface area contributed by atoms with E-state index in [0.29, 0.717) is 36.1 Å². The Kier molecular flexibility index (Phi) is 7.49. The molecule has 2 rings (SSSR count). The van der Waals surface area contributed by atoms with Crippen molar-refractivity contribution in [3.63, 3.8) is 0 Å². The number of carbonyl (C=O) groups excluding carboxylic acids is 1. The maximum absolute atomic E-state index is 13.3. The summed E-state index contributed by atoms with van der Waals surface area (Å²) >= 11 is 0. The zero-order valence-electron chi connectivity index (χ0n) is 16.9. The van der Waals surface area contributed by atoms with E-state index in [1.54, 1.807) is 33.2 Å². The van der Waals surface area contributed by atoms with Crippen LogP contribution < -0.4 is 19.5 Å². The van der Waals surface area contributed by atoms with Crippen LogP contribution in [-0.4, -0.2) is 44.7 Å². The quantitative estimate of drug-likeness (QED) is 0.707. The fraction of sp³-hybridized carbons (Fsp3) is 0.381. The number of rotatable bonds is 9. The van der Waals surface area contributed by atoms with Crippen LogP contribution in [0.3, 0.4) is 0 Å². The Morgan fingerprint density at radius 2 is 1.89 bits per heavy atom. The van der Waals surface area contributed by atoms with Gasteiger partial charge in [0.2, 0.25) is 0 Å². The lowest BCUT2D eigenvalue weighted by Gasteiger charge is -2.20. The molecule has 1 amide bonds. The van der Waals surface area contributed by atoms with Gasteiger partial charge < -0.3 is 24.4 Å². The van der Waals surface area contributed by atoms with Crippen molar-refractivity contribution in [2.75, 3.05) is 33.1 Å². The summed E-state index contributed by atoms with van der Waals surface area (Å²) < 4.78 is 30.0. The van der Waals surface area contributed by atoms with Crippen molar-refractivity contribution in [3.8, 4) is 17.2 Å². The molecule has 0 aliphatic heterocycles. The SMILES string of the molecule is CCOc1cc(CNc2ccc(F)cc2OC)ccc1OC(C)C(=O)N(C)C. The van der Waals surface area contributed by atoms with Crippen molar-refractivity contribution >= 4 is 11.6 Å². The molecule has 0 bridgehead atoms. The zero-order chi connectivity index (χ0) is 20.7. The second kappa shape index (κ2) is 9.82. The minimum Gasteiger partial charge on any atom is -0.494 e. The molecule has 0 aliphatic carbocycles. The molecule has 0 aliphatic rings. The number of hydrogen-bond acceptors (Lipinski definition) is 5. The van der Waals surface area contributed by atoms with Crippen molar-refractivity contribution in [2.24, 2.45) is 0 Å². The Morgan fingerprint density at radius 1 is 1.14 bits per heavy atom. The van der Waals surface area contributed by atoms with Crippen LogP contribution in [0.2, 0.25) is 0 Å². The van der Waals surface area contributed by atoms with Gasteiger partial charge in [-0.25, -0.2) is 4.39 Å². The lowest BCUT2D eigenvalue weighted by Crippen LogP contribution is -2.35. The first-order chi connectivity index (χ1) is 13.3. The maximum atomic E-state index is 13.3. The summed E-state index contributed by atoms with van der Waals surface area (Å²) in [7, 11) is 4.86.